The molecule has 0 atom stereocenters. The first-order valence-electron chi connectivity index (χ1n) is 6.30. The number of hydrogen-bond donors (Lipinski definition) is 1. The van der Waals surface area contributed by atoms with Crippen LogP contribution in [0.2, 0.25) is 0 Å². The Morgan fingerprint density at radius 1 is 1.27 bits per heavy atom. The molecule has 1 aromatic carbocycles. The Morgan fingerprint density at radius 2 is 1.95 bits per heavy atom. The molecule has 0 unspecified atom stereocenters. The Hall–Kier alpha value is -2.30. The number of benzene rings is 1. The third-order valence-electron chi connectivity index (χ3n) is 2.78. The molecule has 1 heterocycles. The average Bonchev–Trinajstić information content (AvgIpc) is 2.90. The van der Waals surface area contributed by atoms with Crippen molar-refractivity contribution >= 4 is 33.1 Å². The van der Waals surface area contributed by atoms with Crippen LogP contribution in [0.25, 0.3) is 6.08 Å². The van der Waals surface area contributed by atoms with Crippen molar-refractivity contribution in [1.82, 2.24) is 0 Å². The van der Waals surface area contributed by atoms with Gasteiger partial charge in [-0.25, -0.2) is 8.42 Å². The van der Waals surface area contributed by atoms with Gasteiger partial charge < -0.3 is 4.74 Å². The van der Waals surface area contributed by atoms with E-state index in [-0.39, 0.29) is 4.91 Å². The quantitative estimate of drug-likeness (QED) is 0.850. The van der Waals surface area contributed by atoms with Gasteiger partial charge in [0.2, 0.25) is 0 Å². The number of ether oxygens (including phenoxy) is 1. The smallest absolute Gasteiger partial charge is 0.272 e. The Morgan fingerprint density at radius 3 is 2.45 bits per heavy atom. The van der Waals surface area contributed by atoms with Gasteiger partial charge in [-0.05, 0) is 49.4 Å². The first-order valence-corrected chi connectivity index (χ1v) is 8.59. The van der Waals surface area contributed by atoms with E-state index in [1.807, 2.05) is 13.0 Å². The molecule has 0 radical (unpaired) electrons. The highest BCUT2D eigenvalue weighted by atomic mass is 32.2. The topological polar surface area (TPSA) is 79.2 Å². The Balaban J connectivity index is 2.27. The molecule has 0 bridgehead atoms. The summed E-state index contributed by atoms with van der Waals surface area (Å²) in [4.78, 5) is 1.43. The molecule has 0 spiro atoms. The highest BCUT2D eigenvalue weighted by Crippen LogP contribution is 2.22. The van der Waals surface area contributed by atoms with E-state index in [9.17, 15) is 8.42 Å². The van der Waals surface area contributed by atoms with Crippen molar-refractivity contribution in [1.29, 1.82) is 5.26 Å². The zero-order valence-corrected chi connectivity index (χ0v) is 13.7. The summed E-state index contributed by atoms with van der Waals surface area (Å²) >= 11 is 1.42. The molecule has 0 aliphatic carbocycles. The molecule has 22 heavy (non-hydrogen) atoms. The van der Waals surface area contributed by atoms with E-state index in [0.717, 1.165) is 4.88 Å². The molecular formula is C15H14N2O3S2. The van der Waals surface area contributed by atoms with Gasteiger partial charge in [-0.2, -0.15) is 5.26 Å². The van der Waals surface area contributed by atoms with Crippen molar-refractivity contribution in [2.45, 2.75) is 6.92 Å². The van der Waals surface area contributed by atoms with Gasteiger partial charge in [-0.1, -0.05) is 0 Å². The third kappa shape index (κ3) is 3.87. The number of hydrogen-bond acceptors (Lipinski definition) is 5. The summed E-state index contributed by atoms with van der Waals surface area (Å²) in [5, 5.41) is 9.14. The predicted octanol–water partition coefficient (Wildman–Crippen LogP) is 3.37. The highest BCUT2D eigenvalue weighted by Gasteiger charge is 2.18. The highest BCUT2D eigenvalue weighted by molar-refractivity contribution is 7.97. The van der Waals surface area contributed by atoms with Gasteiger partial charge in [0.1, 0.15) is 11.8 Å². The number of thiophene rings is 1. The van der Waals surface area contributed by atoms with Crippen LogP contribution in [-0.2, 0) is 10.0 Å². The van der Waals surface area contributed by atoms with Gasteiger partial charge in [0.15, 0.2) is 4.91 Å². The molecule has 1 N–H and O–H groups in total. The fourth-order valence-corrected chi connectivity index (χ4v) is 3.55. The first kappa shape index (κ1) is 16.1. The Kier molecular flexibility index (Phi) is 4.85. The van der Waals surface area contributed by atoms with E-state index < -0.39 is 10.0 Å². The zero-order valence-electron chi connectivity index (χ0n) is 12.0. The number of aryl methyl sites for hydroxylation is 1. The predicted molar refractivity (Wildman–Crippen MR) is 88.2 cm³/mol. The van der Waals surface area contributed by atoms with Crippen LogP contribution < -0.4 is 9.46 Å². The summed E-state index contributed by atoms with van der Waals surface area (Å²) in [5.41, 5.74) is 0.365. The normalized spacial score (nSPS) is 11.8. The summed E-state index contributed by atoms with van der Waals surface area (Å²) in [7, 11) is -2.39. The number of methoxy groups -OCH3 is 1. The molecule has 0 fully saturated rings. The number of allylic oxidation sites excluding steroid dienone is 1. The van der Waals surface area contributed by atoms with Gasteiger partial charge in [0.25, 0.3) is 10.0 Å². The SMILES string of the molecule is COc1ccc(NS(=O)(=O)/C(C#N)=C/c2ccc(C)s2)cc1. The standard InChI is InChI=1S/C15H14N2O3S2/c1-11-3-8-14(21-11)9-15(10-16)22(18,19)17-12-4-6-13(20-2)7-5-12/h3-9,17H,1-2H3/b15-9+. The first-order chi connectivity index (χ1) is 10.4. The second-order valence-corrected chi connectivity index (χ2v) is 7.37. The van der Waals surface area contributed by atoms with Crippen LogP contribution in [0.4, 0.5) is 5.69 Å². The van der Waals surface area contributed by atoms with Crippen molar-refractivity contribution in [3.05, 3.63) is 51.1 Å². The average molecular weight is 334 g/mol. The lowest BCUT2D eigenvalue weighted by atomic mass is 10.3. The van der Waals surface area contributed by atoms with E-state index in [1.165, 1.54) is 24.5 Å². The van der Waals surface area contributed by atoms with Gasteiger partial charge >= 0.3 is 0 Å². The summed E-state index contributed by atoms with van der Waals surface area (Å²) in [6.45, 7) is 1.91. The number of nitrogens with zero attached hydrogens (tertiary/aromatic N) is 1. The second kappa shape index (κ2) is 6.64. The molecule has 0 aliphatic heterocycles. The van der Waals surface area contributed by atoms with Gasteiger partial charge in [0, 0.05) is 15.4 Å². The van der Waals surface area contributed by atoms with E-state index in [0.29, 0.717) is 16.3 Å². The van der Waals surface area contributed by atoms with Crippen molar-refractivity contribution in [3.63, 3.8) is 0 Å². The minimum absolute atomic E-state index is 0.329. The van der Waals surface area contributed by atoms with Gasteiger partial charge in [0.05, 0.1) is 7.11 Å². The number of nitrogens with one attached hydrogen (secondary N) is 1. The summed E-state index contributed by atoms with van der Waals surface area (Å²) in [6, 6.07) is 11.8. The molecule has 0 saturated carbocycles. The minimum atomic E-state index is -3.92. The lowest BCUT2D eigenvalue weighted by Crippen LogP contribution is -2.14. The van der Waals surface area contributed by atoms with Crippen LogP contribution in [-0.4, -0.2) is 15.5 Å². The lowest BCUT2D eigenvalue weighted by molar-refractivity contribution is 0.415. The van der Waals surface area contributed by atoms with E-state index in [4.69, 9.17) is 10.00 Å². The van der Waals surface area contributed by atoms with Crippen molar-refractivity contribution in [2.24, 2.45) is 0 Å². The largest absolute Gasteiger partial charge is 0.497 e. The van der Waals surface area contributed by atoms with Crippen LogP contribution in [0.1, 0.15) is 9.75 Å². The monoisotopic (exact) mass is 334 g/mol. The van der Waals surface area contributed by atoms with Gasteiger partial charge in [-0.3, -0.25) is 4.72 Å². The molecule has 1 aromatic heterocycles. The Labute approximate surface area is 133 Å². The van der Waals surface area contributed by atoms with E-state index in [2.05, 4.69) is 4.72 Å². The minimum Gasteiger partial charge on any atom is -0.497 e. The third-order valence-corrected chi connectivity index (χ3v) is 5.02. The Bertz CT molecular complexity index is 828. The molecule has 5 nitrogen and oxygen atoms in total. The van der Waals surface area contributed by atoms with Crippen molar-refractivity contribution in [2.75, 3.05) is 11.8 Å². The van der Waals surface area contributed by atoms with Crippen LogP contribution in [0.15, 0.2) is 41.3 Å². The van der Waals surface area contributed by atoms with Crippen molar-refractivity contribution < 1.29 is 13.2 Å². The number of nitriles is 1. The van der Waals surface area contributed by atoms with Crippen LogP contribution >= 0.6 is 11.3 Å². The van der Waals surface area contributed by atoms with Crippen LogP contribution in [0, 0.1) is 18.3 Å². The summed E-state index contributed by atoms with van der Waals surface area (Å²) in [5.74, 6) is 0.619. The molecular weight excluding hydrogens is 320 g/mol. The molecule has 2 rings (SSSR count). The van der Waals surface area contributed by atoms with Crippen molar-refractivity contribution in [3.8, 4) is 11.8 Å². The fourth-order valence-electron chi connectivity index (χ4n) is 1.70. The second-order valence-electron chi connectivity index (χ2n) is 4.40. The maximum atomic E-state index is 12.3. The number of sulfonamides is 1. The van der Waals surface area contributed by atoms with E-state index in [1.54, 1.807) is 36.4 Å². The van der Waals surface area contributed by atoms with Crippen LogP contribution in [0.3, 0.4) is 0 Å². The number of anilines is 1. The van der Waals surface area contributed by atoms with Crippen LogP contribution in [0.5, 0.6) is 5.75 Å². The number of rotatable bonds is 5. The van der Waals surface area contributed by atoms with E-state index >= 15 is 0 Å². The molecule has 2 aromatic rings. The summed E-state index contributed by atoms with van der Waals surface area (Å²) < 4.78 is 31.9. The lowest BCUT2D eigenvalue weighted by Gasteiger charge is -2.07. The zero-order chi connectivity index (χ0) is 16.2. The molecule has 0 amide bonds. The summed E-state index contributed by atoms with van der Waals surface area (Å²) in [6.07, 6.45) is 1.36. The molecule has 7 heteroatoms. The van der Waals surface area contributed by atoms with Gasteiger partial charge in [-0.15, -0.1) is 11.3 Å². The molecule has 114 valence electrons. The molecule has 0 saturated heterocycles. The fraction of sp³-hybridized carbons (Fsp3) is 0.133. The molecule has 0 aliphatic rings. The maximum absolute atomic E-state index is 12.3. The maximum Gasteiger partial charge on any atom is 0.272 e.